The van der Waals surface area contributed by atoms with Crippen molar-refractivity contribution in [2.45, 2.75) is 26.4 Å². The van der Waals surface area contributed by atoms with E-state index in [1.807, 2.05) is 24.3 Å². The molecular weight excluding hydrogens is 381 g/mol. The van der Waals surface area contributed by atoms with Crippen LogP contribution in [0, 0.1) is 5.92 Å². The summed E-state index contributed by atoms with van der Waals surface area (Å²) in [5.74, 6) is 1.76. The number of nitrogens with one attached hydrogen (secondary N) is 1. The molecule has 0 saturated carbocycles. The first-order valence-corrected chi connectivity index (χ1v) is 6.88. The Morgan fingerprint density at radius 3 is 2.48 bits per heavy atom. The molecule has 0 spiro atoms. The Kier molecular flexibility index (Phi) is 10.2. The molecule has 0 bridgehead atoms. The third-order valence-corrected chi connectivity index (χ3v) is 2.96. The number of nitrogens with two attached hydrogens (primary N) is 1. The van der Waals surface area contributed by atoms with Crippen LogP contribution in [0.5, 0.6) is 5.75 Å². The van der Waals surface area contributed by atoms with E-state index in [0.717, 1.165) is 24.3 Å². The van der Waals surface area contributed by atoms with Gasteiger partial charge in [-0.2, -0.15) is 0 Å². The van der Waals surface area contributed by atoms with Crippen LogP contribution in [0.3, 0.4) is 0 Å². The van der Waals surface area contributed by atoms with E-state index in [1.54, 1.807) is 7.11 Å². The van der Waals surface area contributed by atoms with Crippen molar-refractivity contribution in [3.63, 3.8) is 0 Å². The number of benzene rings is 1. The molecule has 120 valence electrons. The fourth-order valence-electron chi connectivity index (χ4n) is 1.66. The number of hydrogen-bond acceptors (Lipinski definition) is 3. The van der Waals surface area contributed by atoms with Crippen LogP contribution in [0.25, 0.3) is 0 Å². The van der Waals surface area contributed by atoms with E-state index >= 15 is 0 Å². The first-order chi connectivity index (χ1) is 9.52. The summed E-state index contributed by atoms with van der Waals surface area (Å²) in [5, 5.41) is 13.1. The van der Waals surface area contributed by atoms with Crippen LogP contribution in [0.15, 0.2) is 29.3 Å². The van der Waals surface area contributed by atoms with E-state index in [-0.39, 0.29) is 30.5 Å². The fourth-order valence-corrected chi connectivity index (χ4v) is 1.66. The second-order valence-electron chi connectivity index (χ2n) is 5.12. The Balaban J connectivity index is 0.00000400. The molecule has 4 N–H and O–H groups in total. The number of methoxy groups -OCH3 is 1. The Morgan fingerprint density at radius 2 is 1.95 bits per heavy atom. The zero-order chi connectivity index (χ0) is 15.0. The van der Waals surface area contributed by atoms with Gasteiger partial charge < -0.3 is 20.9 Å². The van der Waals surface area contributed by atoms with Crippen LogP contribution in [-0.4, -0.2) is 31.3 Å². The summed E-state index contributed by atoms with van der Waals surface area (Å²) in [7, 11) is 1.61. The smallest absolute Gasteiger partial charge is 0.188 e. The van der Waals surface area contributed by atoms with Crippen LogP contribution in [0.1, 0.15) is 31.9 Å². The lowest BCUT2D eigenvalue weighted by Gasteiger charge is -2.11. The average molecular weight is 407 g/mol. The molecule has 0 saturated heterocycles. The molecule has 0 radical (unpaired) electrons. The zero-order valence-corrected chi connectivity index (χ0v) is 15.2. The van der Waals surface area contributed by atoms with E-state index in [0.29, 0.717) is 11.9 Å². The van der Waals surface area contributed by atoms with Gasteiger partial charge >= 0.3 is 0 Å². The van der Waals surface area contributed by atoms with Gasteiger partial charge in [-0.3, -0.25) is 4.99 Å². The summed E-state index contributed by atoms with van der Waals surface area (Å²) < 4.78 is 5.07. The maximum Gasteiger partial charge on any atom is 0.188 e. The number of rotatable bonds is 7. The van der Waals surface area contributed by atoms with Crippen molar-refractivity contribution in [1.82, 2.24) is 5.32 Å². The van der Waals surface area contributed by atoms with Crippen molar-refractivity contribution in [3.8, 4) is 5.75 Å². The highest BCUT2D eigenvalue weighted by molar-refractivity contribution is 14.0. The quantitative estimate of drug-likeness (QED) is 0.368. The topological polar surface area (TPSA) is 79.9 Å². The lowest BCUT2D eigenvalue weighted by Crippen LogP contribution is -2.33. The summed E-state index contributed by atoms with van der Waals surface area (Å²) in [5.41, 5.74) is 6.54. The van der Waals surface area contributed by atoms with Gasteiger partial charge in [-0.15, -0.1) is 24.0 Å². The molecule has 0 amide bonds. The van der Waals surface area contributed by atoms with E-state index in [9.17, 15) is 5.11 Å². The molecular formula is C15H26IN3O2. The molecule has 5 nitrogen and oxygen atoms in total. The number of aliphatic hydroxyl groups is 1. The second kappa shape index (κ2) is 10.7. The van der Waals surface area contributed by atoms with Crippen LogP contribution < -0.4 is 15.8 Å². The van der Waals surface area contributed by atoms with Gasteiger partial charge in [-0.05, 0) is 30.0 Å². The predicted molar refractivity (Wildman–Crippen MR) is 97.3 cm³/mol. The average Bonchev–Trinajstić information content (AvgIpc) is 2.44. The van der Waals surface area contributed by atoms with Crippen LogP contribution in [0.4, 0.5) is 0 Å². The van der Waals surface area contributed by atoms with E-state index in [2.05, 4.69) is 24.2 Å². The Morgan fingerprint density at radius 1 is 1.33 bits per heavy atom. The third-order valence-electron chi connectivity index (χ3n) is 2.96. The molecule has 1 aromatic rings. The summed E-state index contributed by atoms with van der Waals surface area (Å²) in [6.45, 7) is 5.35. The highest BCUT2D eigenvalue weighted by Gasteiger charge is 2.07. The number of nitrogens with zero attached hydrogens (tertiary/aromatic N) is 1. The summed E-state index contributed by atoms with van der Waals surface area (Å²) in [4.78, 5) is 4.14. The lowest BCUT2D eigenvalue weighted by molar-refractivity contribution is 0.187. The summed E-state index contributed by atoms with van der Waals surface area (Å²) in [6.07, 6.45) is 0.378. The first-order valence-electron chi connectivity index (χ1n) is 6.88. The highest BCUT2D eigenvalue weighted by atomic mass is 127. The number of aliphatic imine (C=N–C) groups is 1. The minimum Gasteiger partial charge on any atom is -0.497 e. The molecule has 1 atom stereocenters. The molecule has 1 unspecified atom stereocenters. The van der Waals surface area contributed by atoms with Crippen LogP contribution in [0.2, 0.25) is 0 Å². The van der Waals surface area contributed by atoms with Crippen LogP contribution in [-0.2, 0) is 0 Å². The molecule has 0 aliphatic rings. The van der Waals surface area contributed by atoms with Crippen molar-refractivity contribution in [1.29, 1.82) is 0 Å². The van der Waals surface area contributed by atoms with Crippen molar-refractivity contribution >= 4 is 29.9 Å². The molecule has 1 rings (SSSR count). The second-order valence-corrected chi connectivity index (χ2v) is 5.12. The monoisotopic (exact) mass is 407 g/mol. The van der Waals surface area contributed by atoms with Gasteiger partial charge in [-0.1, -0.05) is 26.0 Å². The van der Waals surface area contributed by atoms with E-state index in [1.165, 1.54) is 0 Å². The minimum atomic E-state index is -0.661. The molecule has 1 aromatic carbocycles. The number of halogens is 1. The number of guanidine groups is 1. The van der Waals surface area contributed by atoms with Gasteiger partial charge in [0, 0.05) is 6.54 Å². The van der Waals surface area contributed by atoms with Gasteiger partial charge in [0.15, 0.2) is 5.96 Å². The maximum atomic E-state index is 10.0. The van der Waals surface area contributed by atoms with Gasteiger partial charge in [-0.25, -0.2) is 0 Å². The van der Waals surface area contributed by atoms with Gasteiger partial charge in [0.1, 0.15) is 5.75 Å². The van der Waals surface area contributed by atoms with Gasteiger partial charge in [0.25, 0.3) is 0 Å². The maximum absolute atomic E-state index is 10.0. The molecule has 0 aromatic heterocycles. The minimum absolute atomic E-state index is 0. The largest absolute Gasteiger partial charge is 0.497 e. The SMILES string of the molecule is COc1ccc(C(O)CN=C(N)NCCC(C)C)cc1.I. The van der Waals surface area contributed by atoms with Gasteiger partial charge in [0.2, 0.25) is 0 Å². The van der Waals surface area contributed by atoms with Crippen molar-refractivity contribution < 1.29 is 9.84 Å². The standard InChI is InChI=1S/C15H25N3O2.HI/c1-11(2)8-9-17-15(16)18-10-14(19)12-4-6-13(20-3)7-5-12;/h4-7,11,14,19H,8-10H2,1-3H3,(H3,16,17,18);1H. The normalized spacial score (nSPS) is 12.7. The van der Waals surface area contributed by atoms with Crippen molar-refractivity contribution in [2.75, 3.05) is 20.2 Å². The Hall–Kier alpha value is -1.02. The Labute approximate surface area is 144 Å². The number of aliphatic hydroxyl groups excluding tert-OH is 1. The van der Waals surface area contributed by atoms with E-state index in [4.69, 9.17) is 10.5 Å². The number of hydrogen-bond donors (Lipinski definition) is 3. The molecule has 21 heavy (non-hydrogen) atoms. The Bertz CT molecular complexity index is 421. The molecule has 0 aliphatic carbocycles. The van der Waals surface area contributed by atoms with Crippen LogP contribution >= 0.6 is 24.0 Å². The lowest BCUT2D eigenvalue weighted by atomic mass is 10.1. The predicted octanol–water partition coefficient (Wildman–Crippen LogP) is 2.30. The zero-order valence-electron chi connectivity index (χ0n) is 12.9. The first kappa shape index (κ1) is 20.0. The van der Waals surface area contributed by atoms with E-state index < -0.39 is 6.10 Å². The molecule has 0 heterocycles. The third kappa shape index (κ3) is 8.11. The summed E-state index contributed by atoms with van der Waals surface area (Å²) >= 11 is 0. The molecule has 6 heteroatoms. The molecule has 0 aliphatic heterocycles. The number of ether oxygens (including phenoxy) is 1. The fraction of sp³-hybridized carbons (Fsp3) is 0.533. The van der Waals surface area contributed by atoms with Crippen molar-refractivity contribution in [2.24, 2.45) is 16.6 Å². The summed E-state index contributed by atoms with van der Waals surface area (Å²) in [6, 6.07) is 7.27. The highest BCUT2D eigenvalue weighted by Crippen LogP contribution is 2.17. The molecule has 0 fully saturated rings. The van der Waals surface area contributed by atoms with Gasteiger partial charge in [0.05, 0.1) is 19.8 Å². The van der Waals surface area contributed by atoms with Crippen molar-refractivity contribution in [3.05, 3.63) is 29.8 Å².